The zero-order chi connectivity index (χ0) is 14.1. The summed E-state index contributed by atoms with van der Waals surface area (Å²) < 4.78 is 15.1. The first-order chi connectivity index (χ1) is 9.65. The van der Waals surface area contributed by atoms with Gasteiger partial charge in [0.2, 0.25) is 0 Å². The second kappa shape index (κ2) is 5.05. The van der Waals surface area contributed by atoms with Gasteiger partial charge in [-0.25, -0.2) is 8.91 Å². The average Bonchev–Trinajstić information content (AvgIpc) is 2.87. The van der Waals surface area contributed by atoms with E-state index in [9.17, 15) is 9.18 Å². The molecule has 0 aliphatic heterocycles. The molecule has 2 heterocycles. The third-order valence-electron chi connectivity index (χ3n) is 2.85. The summed E-state index contributed by atoms with van der Waals surface area (Å²) in [6, 6.07) is 9.78. The monoisotopic (exact) mass is 333 g/mol. The Morgan fingerprint density at radius 1 is 1.30 bits per heavy atom. The van der Waals surface area contributed by atoms with Gasteiger partial charge >= 0.3 is 0 Å². The molecule has 0 aliphatic carbocycles. The predicted molar refractivity (Wildman–Crippen MR) is 77.2 cm³/mol. The number of hydrogen-bond acceptors (Lipinski definition) is 2. The Labute approximate surface area is 122 Å². The van der Waals surface area contributed by atoms with E-state index >= 15 is 0 Å². The van der Waals surface area contributed by atoms with Crippen LogP contribution in [0.2, 0.25) is 0 Å². The highest BCUT2D eigenvalue weighted by Crippen LogP contribution is 2.21. The highest BCUT2D eigenvalue weighted by Gasteiger charge is 2.13. The maximum Gasteiger partial charge on any atom is 0.259 e. The molecular formula is C14H9BrFN3O. The van der Waals surface area contributed by atoms with Crippen LogP contribution in [0.5, 0.6) is 0 Å². The van der Waals surface area contributed by atoms with E-state index in [4.69, 9.17) is 0 Å². The Morgan fingerprint density at radius 3 is 2.95 bits per heavy atom. The molecule has 4 nitrogen and oxygen atoms in total. The number of carbonyl (C=O) groups excluding carboxylic acids is 1. The Balaban J connectivity index is 1.91. The van der Waals surface area contributed by atoms with Crippen molar-refractivity contribution in [1.82, 2.24) is 9.61 Å². The van der Waals surface area contributed by atoms with Crippen molar-refractivity contribution in [1.29, 1.82) is 0 Å². The van der Waals surface area contributed by atoms with Crippen molar-refractivity contribution in [3.05, 3.63) is 64.6 Å². The van der Waals surface area contributed by atoms with Crippen LogP contribution in [0.15, 0.2) is 53.3 Å². The van der Waals surface area contributed by atoms with E-state index in [2.05, 4.69) is 26.3 Å². The summed E-state index contributed by atoms with van der Waals surface area (Å²) in [5, 5.41) is 6.82. The molecule has 20 heavy (non-hydrogen) atoms. The third kappa shape index (κ3) is 2.30. The van der Waals surface area contributed by atoms with Crippen LogP contribution >= 0.6 is 15.9 Å². The minimum Gasteiger partial charge on any atom is -0.322 e. The molecule has 100 valence electrons. The van der Waals surface area contributed by atoms with Crippen LogP contribution in [-0.4, -0.2) is 15.5 Å². The number of halogens is 2. The van der Waals surface area contributed by atoms with Crippen molar-refractivity contribution in [3.8, 4) is 0 Å². The number of rotatable bonds is 2. The summed E-state index contributed by atoms with van der Waals surface area (Å²) in [7, 11) is 0. The Hall–Kier alpha value is -2.21. The van der Waals surface area contributed by atoms with Crippen LogP contribution in [0.1, 0.15) is 10.4 Å². The van der Waals surface area contributed by atoms with Gasteiger partial charge in [-0.1, -0.05) is 6.07 Å². The normalized spacial score (nSPS) is 10.7. The van der Waals surface area contributed by atoms with Gasteiger partial charge in [-0.15, -0.1) is 0 Å². The number of anilines is 1. The molecular weight excluding hydrogens is 325 g/mol. The zero-order valence-electron chi connectivity index (χ0n) is 10.2. The molecule has 0 spiro atoms. The van der Waals surface area contributed by atoms with Gasteiger partial charge in [0, 0.05) is 11.9 Å². The fourth-order valence-electron chi connectivity index (χ4n) is 1.88. The van der Waals surface area contributed by atoms with E-state index in [0.29, 0.717) is 21.2 Å². The molecule has 1 amide bonds. The zero-order valence-corrected chi connectivity index (χ0v) is 11.8. The smallest absolute Gasteiger partial charge is 0.259 e. The van der Waals surface area contributed by atoms with Crippen molar-refractivity contribution in [3.63, 3.8) is 0 Å². The molecule has 0 bridgehead atoms. The van der Waals surface area contributed by atoms with E-state index in [-0.39, 0.29) is 11.7 Å². The number of hydrogen-bond donors (Lipinski definition) is 1. The van der Waals surface area contributed by atoms with Gasteiger partial charge in [0.15, 0.2) is 0 Å². The molecule has 0 saturated heterocycles. The van der Waals surface area contributed by atoms with Gasteiger partial charge in [-0.05, 0) is 46.3 Å². The lowest BCUT2D eigenvalue weighted by Crippen LogP contribution is -2.11. The molecule has 3 rings (SSSR count). The van der Waals surface area contributed by atoms with Crippen molar-refractivity contribution < 1.29 is 9.18 Å². The molecule has 0 saturated carbocycles. The van der Waals surface area contributed by atoms with E-state index < -0.39 is 0 Å². The minimum atomic E-state index is -0.376. The Kier molecular flexibility index (Phi) is 3.23. The summed E-state index contributed by atoms with van der Waals surface area (Å²) in [5.41, 5.74) is 1.69. The largest absolute Gasteiger partial charge is 0.322 e. The third-order valence-corrected chi connectivity index (χ3v) is 3.46. The summed E-state index contributed by atoms with van der Waals surface area (Å²) in [5.74, 6) is -0.663. The summed E-state index contributed by atoms with van der Waals surface area (Å²) in [4.78, 5) is 12.2. The predicted octanol–water partition coefficient (Wildman–Crippen LogP) is 3.49. The van der Waals surface area contributed by atoms with Crippen LogP contribution < -0.4 is 5.32 Å². The standard InChI is InChI=1S/C14H9BrFN3O/c15-11-7-9(4-5-12(11)16)18-14(20)10-8-17-19-6-2-1-3-13(10)19/h1-8H,(H,18,20). The number of nitrogens with one attached hydrogen (secondary N) is 1. The number of benzene rings is 1. The molecule has 0 fully saturated rings. The summed E-state index contributed by atoms with van der Waals surface area (Å²) in [6.07, 6.45) is 3.27. The van der Waals surface area contributed by atoms with Gasteiger partial charge in [0.25, 0.3) is 5.91 Å². The number of aromatic nitrogens is 2. The molecule has 0 radical (unpaired) electrons. The van der Waals surface area contributed by atoms with E-state index in [1.807, 2.05) is 18.2 Å². The number of pyridine rings is 1. The number of carbonyl (C=O) groups is 1. The molecule has 6 heteroatoms. The average molecular weight is 334 g/mol. The second-order valence-electron chi connectivity index (χ2n) is 4.17. The summed E-state index contributed by atoms with van der Waals surface area (Å²) in [6.45, 7) is 0. The lowest BCUT2D eigenvalue weighted by atomic mass is 10.2. The van der Waals surface area contributed by atoms with Gasteiger partial charge < -0.3 is 5.32 Å². The van der Waals surface area contributed by atoms with Crippen LogP contribution in [0.25, 0.3) is 5.52 Å². The Bertz CT molecular complexity index is 800. The highest BCUT2D eigenvalue weighted by atomic mass is 79.9. The maximum atomic E-state index is 13.1. The number of nitrogens with zero attached hydrogens (tertiary/aromatic N) is 2. The van der Waals surface area contributed by atoms with Gasteiger partial charge in [-0.3, -0.25) is 4.79 Å². The highest BCUT2D eigenvalue weighted by molar-refractivity contribution is 9.10. The fraction of sp³-hybridized carbons (Fsp3) is 0. The van der Waals surface area contributed by atoms with Crippen molar-refractivity contribution in [2.45, 2.75) is 0 Å². The quantitative estimate of drug-likeness (QED) is 0.780. The molecule has 2 aromatic heterocycles. The minimum absolute atomic E-state index is 0.287. The van der Waals surface area contributed by atoms with Gasteiger partial charge in [0.05, 0.1) is 21.7 Å². The molecule has 0 atom stereocenters. The first-order valence-electron chi connectivity index (χ1n) is 5.84. The first-order valence-corrected chi connectivity index (χ1v) is 6.63. The Morgan fingerprint density at radius 2 is 2.15 bits per heavy atom. The lowest BCUT2D eigenvalue weighted by molar-refractivity contribution is 0.102. The number of fused-ring (bicyclic) bond motifs is 1. The second-order valence-corrected chi connectivity index (χ2v) is 5.03. The lowest BCUT2D eigenvalue weighted by Gasteiger charge is -2.05. The van der Waals surface area contributed by atoms with E-state index in [1.165, 1.54) is 24.4 Å². The fourth-order valence-corrected chi connectivity index (χ4v) is 2.26. The topological polar surface area (TPSA) is 46.4 Å². The maximum absolute atomic E-state index is 13.1. The molecule has 1 aromatic carbocycles. The van der Waals surface area contributed by atoms with Crippen molar-refractivity contribution >= 4 is 33.0 Å². The van der Waals surface area contributed by atoms with Crippen molar-refractivity contribution in [2.24, 2.45) is 0 Å². The molecule has 1 N–H and O–H groups in total. The van der Waals surface area contributed by atoms with E-state index in [1.54, 1.807) is 10.7 Å². The first kappa shape index (κ1) is 12.8. The number of amides is 1. The van der Waals surface area contributed by atoms with E-state index in [0.717, 1.165) is 0 Å². The summed E-state index contributed by atoms with van der Waals surface area (Å²) >= 11 is 3.08. The SMILES string of the molecule is O=C(Nc1ccc(F)c(Br)c1)c1cnn2ccccc12. The molecule has 3 aromatic rings. The van der Waals surface area contributed by atoms with Crippen molar-refractivity contribution in [2.75, 3.05) is 5.32 Å². The van der Waals surface area contributed by atoms with Crippen LogP contribution in [0.4, 0.5) is 10.1 Å². The van der Waals surface area contributed by atoms with Crippen LogP contribution in [-0.2, 0) is 0 Å². The molecule has 0 aliphatic rings. The molecule has 0 unspecified atom stereocenters. The van der Waals surface area contributed by atoms with Gasteiger partial charge in [0.1, 0.15) is 5.82 Å². The van der Waals surface area contributed by atoms with Gasteiger partial charge in [-0.2, -0.15) is 5.10 Å². The van der Waals surface area contributed by atoms with Crippen LogP contribution in [0, 0.1) is 5.82 Å². The van der Waals surface area contributed by atoms with Crippen LogP contribution in [0.3, 0.4) is 0 Å².